The number of anilines is 1. The summed E-state index contributed by atoms with van der Waals surface area (Å²) in [5, 5.41) is 13.0. The van der Waals surface area contributed by atoms with Crippen molar-refractivity contribution in [2.24, 2.45) is 0 Å². The molecule has 2 atom stereocenters. The van der Waals surface area contributed by atoms with Crippen LogP contribution < -0.4 is 14.8 Å². The molecule has 0 bridgehead atoms. The lowest BCUT2D eigenvalue weighted by Crippen LogP contribution is -2.30. The van der Waals surface area contributed by atoms with Crippen LogP contribution in [0.2, 0.25) is 0 Å². The van der Waals surface area contributed by atoms with E-state index in [-0.39, 0.29) is 6.10 Å². The first kappa shape index (κ1) is 18.2. The van der Waals surface area contributed by atoms with Gasteiger partial charge in [0.25, 0.3) is 5.91 Å². The number of carbonyl (C=O) groups excluding carboxylic acids is 1. The Labute approximate surface area is 163 Å². The molecule has 27 heavy (non-hydrogen) atoms. The number of thioether (sulfide) groups is 1. The minimum atomic E-state index is -1.14. The third-order valence-electron chi connectivity index (χ3n) is 5.07. The molecule has 1 aliphatic heterocycles. The average Bonchev–Trinajstić information content (AvgIpc) is 3.16. The summed E-state index contributed by atoms with van der Waals surface area (Å²) in [4.78, 5) is 13.3. The van der Waals surface area contributed by atoms with Crippen molar-refractivity contribution in [2.45, 2.75) is 48.0 Å². The SMILES string of the molecule is COc1ccc([C@@H]2Sc3cc(OC4CCCC4)ccc3NC(=O)[C@@H]2O)cc1. The normalized spacial score (nSPS) is 22.7. The summed E-state index contributed by atoms with van der Waals surface area (Å²) < 4.78 is 11.3. The van der Waals surface area contributed by atoms with Crippen LogP contribution in [0.5, 0.6) is 11.5 Å². The van der Waals surface area contributed by atoms with Gasteiger partial charge in [0.15, 0.2) is 0 Å². The van der Waals surface area contributed by atoms with E-state index >= 15 is 0 Å². The monoisotopic (exact) mass is 385 g/mol. The van der Waals surface area contributed by atoms with Crippen molar-refractivity contribution < 1.29 is 19.4 Å². The maximum atomic E-state index is 12.4. The maximum Gasteiger partial charge on any atom is 0.254 e. The van der Waals surface area contributed by atoms with E-state index in [1.54, 1.807) is 7.11 Å². The van der Waals surface area contributed by atoms with Gasteiger partial charge in [-0.25, -0.2) is 0 Å². The molecule has 1 aliphatic carbocycles. The second kappa shape index (κ2) is 7.82. The lowest BCUT2D eigenvalue weighted by atomic mass is 10.1. The predicted octanol–water partition coefficient (Wildman–Crippen LogP) is 4.16. The van der Waals surface area contributed by atoms with Crippen LogP contribution in [-0.4, -0.2) is 30.3 Å². The van der Waals surface area contributed by atoms with E-state index in [0.29, 0.717) is 5.69 Å². The van der Waals surface area contributed by atoms with Crippen LogP contribution in [-0.2, 0) is 4.79 Å². The molecule has 4 rings (SSSR count). The molecule has 0 spiro atoms. The van der Waals surface area contributed by atoms with Crippen LogP contribution in [0.3, 0.4) is 0 Å². The molecule has 1 heterocycles. The number of aliphatic hydroxyl groups excluding tert-OH is 1. The summed E-state index contributed by atoms with van der Waals surface area (Å²) in [5.41, 5.74) is 1.58. The van der Waals surface area contributed by atoms with Crippen molar-refractivity contribution in [3.05, 3.63) is 48.0 Å². The molecule has 1 saturated carbocycles. The Bertz CT molecular complexity index is 817. The first-order chi connectivity index (χ1) is 13.1. The van der Waals surface area contributed by atoms with Gasteiger partial charge in [0.1, 0.15) is 17.6 Å². The standard InChI is InChI=1S/C21H23NO4S/c1-25-14-8-6-13(7-9-14)20-19(23)21(24)22-17-11-10-16(12-18(17)27-20)26-15-4-2-3-5-15/h6-12,15,19-20,23H,2-5H2,1H3,(H,22,24)/t19-,20+/m1/s1. The highest BCUT2D eigenvalue weighted by Gasteiger charge is 2.33. The Hall–Kier alpha value is -2.18. The van der Waals surface area contributed by atoms with Crippen LogP contribution in [0.15, 0.2) is 47.4 Å². The van der Waals surface area contributed by atoms with E-state index < -0.39 is 17.3 Å². The van der Waals surface area contributed by atoms with Gasteiger partial charge in [-0.15, -0.1) is 11.8 Å². The molecule has 0 aromatic heterocycles. The number of hydrogen-bond acceptors (Lipinski definition) is 5. The number of carbonyl (C=O) groups is 1. The van der Waals surface area contributed by atoms with Gasteiger partial charge in [-0.3, -0.25) is 4.79 Å². The molecule has 0 saturated heterocycles. The fraction of sp³-hybridized carbons (Fsp3) is 0.381. The Morgan fingerprint density at radius 2 is 1.78 bits per heavy atom. The third kappa shape index (κ3) is 3.92. The summed E-state index contributed by atoms with van der Waals surface area (Å²) in [6.07, 6.45) is 3.74. The number of nitrogens with one attached hydrogen (secondary N) is 1. The van der Waals surface area contributed by atoms with Crippen molar-refractivity contribution in [1.29, 1.82) is 0 Å². The molecule has 2 aromatic rings. The summed E-state index contributed by atoms with van der Waals surface area (Å²) in [6.45, 7) is 0. The van der Waals surface area contributed by atoms with E-state index in [1.165, 1.54) is 24.6 Å². The lowest BCUT2D eigenvalue weighted by Gasteiger charge is -2.19. The lowest BCUT2D eigenvalue weighted by molar-refractivity contribution is -0.124. The quantitative estimate of drug-likeness (QED) is 0.827. The first-order valence-corrected chi connectivity index (χ1v) is 10.1. The highest BCUT2D eigenvalue weighted by atomic mass is 32.2. The zero-order valence-corrected chi connectivity index (χ0v) is 16.0. The van der Waals surface area contributed by atoms with Gasteiger partial charge >= 0.3 is 0 Å². The molecule has 5 nitrogen and oxygen atoms in total. The van der Waals surface area contributed by atoms with Crippen LogP contribution in [0, 0.1) is 0 Å². The van der Waals surface area contributed by atoms with E-state index in [0.717, 1.165) is 34.8 Å². The van der Waals surface area contributed by atoms with Gasteiger partial charge in [0, 0.05) is 4.90 Å². The minimum absolute atomic E-state index is 0.274. The van der Waals surface area contributed by atoms with Crippen LogP contribution in [0.1, 0.15) is 36.5 Å². The molecule has 0 unspecified atom stereocenters. The molecule has 2 N–H and O–H groups in total. The average molecular weight is 385 g/mol. The first-order valence-electron chi connectivity index (χ1n) is 9.24. The van der Waals surface area contributed by atoms with E-state index in [9.17, 15) is 9.90 Å². The Kier molecular flexibility index (Phi) is 5.27. The summed E-state index contributed by atoms with van der Waals surface area (Å²) in [7, 11) is 1.61. The van der Waals surface area contributed by atoms with Crippen molar-refractivity contribution in [2.75, 3.05) is 12.4 Å². The van der Waals surface area contributed by atoms with Gasteiger partial charge in [-0.05, 0) is 61.6 Å². The fourth-order valence-corrected chi connectivity index (χ4v) is 4.81. The molecule has 1 fully saturated rings. The van der Waals surface area contributed by atoms with Gasteiger partial charge in [-0.1, -0.05) is 12.1 Å². The van der Waals surface area contributed by atoms with Crippen LogP contribution in [0.4, 0.5) is 5.69 Å². The molecular formula is C21H23NO4S. The second-order valence-electron chi connectivity index (χ2n) is 6.93. The Morgan fingerprint density at radius 1 is 1.07 bits per heavy atom. The van der Waals surface area contributed by atoms with Crippen molar-refractivity contribution >= 4 is 23.4 Å². The van der Waals surface area contributed by atoms with Crippen molar-refractivity contribution in [1.82, 2.24) is 0 Å². The molecule has 0 radical (unpaired) electrons. The van der Waals surface area contributed by atoms with E-state index in [1.807, 2.05) is 42.5 Å². The number of fused-ring (bicyclic) bond motifs is 1. The Morgan fingerprint density at radius 3 is 2.48 bits per heavy atom. The van der Waals surface area contributed by atoms with Crippen molar-refractivity contribution in [3.63, 3.8) is 0 Å². The third-order valence-corrected chi connectivity index (χ3v) is 6.45. The number of hydrogen-bond donors (Lipinski definition) is 2. The highest BCUT2D eigenvalue weighted by Crippen LogP contribution is 2.45. The number of benzene rings is 2. The largest absolute Gasteiger partial charge is 0.497 e. The minimum Gasteiger partial charge on any atom is -0.497 e. The van der Waals surface area contributed by atoms with E-state index in [2.05, 4.69) is 5.32 Å². The Balaban J connectivity index is 1.62. The number of amides is 1. The van der Waals surface area contributed by atoms with Crippen LogP contribution >= 0.6 is 11.8 Å². The summed E-state index contributed by atoms with van der Waals surface area (Å²) >= 11 is 1.47. The summed E-state index contributed by atoms with van der Waals surface area (Å²) in [6, 6.07) is 13.2. The van der Waals surface area contributed by atoms with Crippen LogP contribution in [0.25, 0.3) is 0 Å². The zero-order chi connectivity index (χ0) is 18.8. The number of rotatable bonds is 4. The number of methoxy groups -OCH3 is 1. The molecule has 6 heteroatoms. The summed E-state index contributed by atoms with van der Waals surface area (Å²) in [5.74, 6) is 1.16. The molecule has 142 valence electrons. The van der Waals surface area contributed by atoms with Crippen molar-refractivity contribution in [3.8, 4) is 11.5 Å². The van der Waals surface area contributed by atoms with Gasteiger partial charge in [0.05, 0.1) is 24.2 Å². The molecule has 2 aliphatic rings. The smallest absolute Gasteiger partial charge is 0.254 e. The second-order valence-corrected chi connectivity index (χ2v) is 8.11. The topological polar surface area (TPSA) is 67.8 Å². The predicted molar refractivity (Wildman–Crippen MR) is 106 cm³/mol. The molecule has 1 amide bonds. The van der Waals surface area contributed by atoms with E-state index in [4.69, 9.17) is 9.47 Å². The highest BCUT2D eigenvalue weighted by molar-refractivity contribution is 7.99. The molecule has 2 aromatic carbocycles. The van der Waals surface area contributed by atoms with Gasteiger partial charge in [0.2, 0.25) is 0 Å². The number of aliphatic hydroxyl groups is 1. The maximum absolute atomic E-state index is 12.4. The van der Waals surface area contributed by atoms with Gasteiger partial charge < -0.3 is 19.9 Å². The number of ether oxygens (including phenoxy) is 2. The van der Waals surface area contributed by atoms with Gasteiger partial charge in [-0.2, -0.15) is 0 Å². The molecular weight excluding hydrogens is 362 g/mol. The zero-order valence-electron chi connectivity index (χ0n) is 15.2. The fourth-order valence-electron chi connectivity index (χ4n) is 3.56.